The minimum absolute atomic E-state index is 0.110. The van der Waals surface area contributed by atoms with Crippen LogP contribution in [0, 0.1) is 34.0 Å². The van der Waals surface area contributed by atoms with Gasteiger partial charge in [0.05, 0.1) is 27.5 Å². The van der Waals surface area contributed by atoms with E-state index in [0.29, 0.717) is 51.8 Å². The lowest BCUT2D eigenvalue weighted by Gasteiger charge is -2.63. The number of carbonyl (C=O) groups excluding carboxylic acids is 4. The highest BCUT2D eigenvalue weighted by Gasteiger charge is 2.64. The van der Waals surface area contributed by atoms with E-state index < -0.39 is 17.5 Å². The summed E-state index contributed by atoms with van der Waals surface area (Å²) in [4.78, 5) is 78.0. The Morgan fingerprint density at radius 3 is 2.32 bits per heavy atom. The lowest BCUT2D eigenvalue weighted by Crippen LogP contribution is -2.74. The van der Waals surface area contributed by atoms with Crippen molar-refractivity contribution in [3.63, 3.8) is 0 Å². The summed E-state index contributed by atoms with van der Waals surface area (Å²) in [6.07, 6.45) is 3.70. The largest absolute Gasteiger partial charge is 0.489 e. The number of rotatable bonds is 10. The quantitative estimate of drug-likeness (QED) is 0.218. The molecule has 340 valence electrons. The highest BCUT2D eigenvalue weighted by Crippen LogP contribution is 2.55. The van der Waals surface area contributed by atoms with Crippen LogP contribution in [0.5, 0.6) is 5.75 Å². The average Bonchev–Trinajstić information content (AvgIpc) is 3.28. The van der Waals surface area contributed by atoms with Crippen LogP contribution in [0.25, 0.3) is 10.9 Å². The molecule has 9 rings (SSSR count). The number of piperazine rings is 1. The number of anilines is 2. The Hall–Kier alpha value is -6.12. The lowest BCUT2D eigenvalue weighted by molar-refractivity contribution is -0.164. The molecule has 2 N–H and O–H groups in total. The SMILES string of the molecule is CC1(C)[C@H](NC(=O)c2ccc(N3CCN(CC4CCN(C(=O)C5CN(c6ccc7nnn(C8CCC(=O)NC8=O)c(=O)c7c6)C5)CC4)CC3)nc2)C(C)(C)[C@H]1Oc1ccc(C#N)c(Cl)c1. The van der Waals surface area contributed by atoms with E-state index in [1.165, 1.54) is 0 Å². The summed E-state index contributed by atoms with van der Waals surface area (Å²) < 4.78 is 7.44. The maximum absolute atomic E-state index is 13.5. The van der Waals surface area contributed by atoms with Gasteiger partial charge in [-0.15, -0.1) is 5.10 Å². The van der Waals surface area contributed by atoms with Crippen LogP contribution < -0.4 is 30.7 Å². The molecule has 17 nitrogen and oxygen atoms in total. The molecule has 4 saturated heterocycles. The van der Waals surface area contributed by atoms with Crippen LogP contribution in [0.2, 0.25) is 5.02 Å². The molecule has 0 spiro atoms. The number of piperidine rings is 2. The number of halogens is 1. The van der Waals surface area contributed by atoms with Crippen LogP contribution in [0.3, 0.4) is 0 Å². The first-order valence-electron chi connectivity index (χ1n) is 22.5. The van der Waals surface area contributed by atoms with Crippen LogP contribution >= 0.6 is 11.6 Å². The molecule has 4 amide bonds. The zero-order valence-electron chi connectivity index (χ0n) is 37.1. The molecule has 5 fully saturated rings. The van der Waals surface area contributed by atoms with E-state index in [9.17, 15) is 29.2 Å². The second-order valence-corrected chi connectivity index (χ2v) is 19.8. The number of pyridine rings is 1. The van der Waals surface area contributed by atoms with E-state index in [0.717, 1.165) is 74.8 Å². The predicted molar refractivity (Wildman–Crippen MR) is 243 cm³/mol. The highest BCUT2D eigenvalue weighted by molar-refractivity contribution is 6.31. The number of benzene rings is 2. The monoisotopic (exact) mass is 903 g/mol. The number of carbonyl (C=O) groups is 4. The van der Waals surface area contributed by atoms with E-state index >= 15 is 0 Å². The van der Waals surface area contributed by atoms with Crippen molar-refractivity contribution < 1.29 is 23.9 Å². The Bertz CT molecular complexity index is 2610. The summed E-state index contributed by atoms with van der Waals surface area (Å²) in [5, 5.41) is 23.6. The molecule has 5 aliphatic rings. The predicted octanol–water partition coefficient (Wildman–Crippen LogP) is 3.80. The van der Waals surface area contributed by atoms with Crippen LogP contribution in [0.4, 0.5) is 11.5 Å². The van der Waals surface area contributed by atoms with Gasteiger partial charge in [0.15, 0.2) is 0 Å². The molecule has 4 aliphatic heterocycles. The van der Waals surface area contributed by atoms with Crippen LogP contribution in [-0.4, -0.2) is 124 Å². The first-order valence-corrected chi connectivity index (χ1v) is 22.9. The van der Waals surface area contributed by atoms with Gasteiger partial charge < -0.3 is 24.8 Å². The second kappa shape index (κ2) is 17.4. The van der Waals surface area contributed by atoms with Crippen molar-refractivity contribution in [2.24, 2.45) is 22.7 Å². The molecular formula is C47H54ClN11O6. The molecule has 1 unspecified atom stereocenters. The van der Waals surface area contributed by atoms with Gasteiger partial charge in [0.2, 0.25) is 11.8 Å². The van der Waals surface area contributed by atoms with Gasteiger partial charge in [-0.3, -0.25) is 34.2 Å². The van der Waals surface area contributed by atoms with Crippen LogP contribution in [0.1, 0.15) is 75.3 Å². The van der Waals surface area contributed by atoms with Gasteiger partial charge in [0.25, 0.3) is 17.4 Å². The summed E-state index contributed by atoms with van der Waals surface area (Å²) in [7, 11) is 0. The Labute approximate surface area is 382 Å². The molecule has 2 aromatic heterocycles. The molecule has 6 heterocycles. The normalized spacial score (nSPS) is 23.6. The number of nitrogens with one attached hydrogen (secondary N) is 2. The Morgan fingerprint density at radius 2 is 1.66 bits per heavy atom. The maximum atomic E-state index is 13.5. The Kier molecular flexibility index (Phi) is 11.8. The van der Waals surface area contributed by atoms with Gasteiger partial charge in [0.1, 0.15) is 35.3 Å². The third-order valence-corrected chi connectivity index (χ3v) is 14.7. The van der Waals surface area contributed by atoms with Crippen molar-refractivity contribution in [2.45, 2.75) is 71.6 Å². The molecule has 4 aromatic rings. The topological polar surface area (TPSA) is 199 Å². The molecule has 0 radical (unpaired) electrons. The third-order valence-electron chi connectivity index (χ3n) is 14.3. The molecule has 1 aliphatic carbocycles. The number of amides is 4. The molecule has 65 heavy (non-hydrogen) atoms. The zero-order chi connectivity index (χ0) is 45.8. The fourth-order valence-corrected chi connectivity index (χ4v) is 11.1. The minimum atomic E-state index is -0.890. The van der Waals surface area contributed by atoms with Gasteiger partial charge >= 0.3 is 0 Å². The van der Waals surface area contributed by atoms with Crippen LogP contribution in [-0.2, 0) is 14.4 Å². The van der Waals surface area contributed by atoms with Crippen molar-refractivity contribution in [1.82, 2.24) is 40.4 Å². The van der Waals surface area contributed by atoms with Gasteiger partial charge in [-0.1, -0.05) is 44.5 Å². The van der Waals surface area contributed by atoms with Gasteiger partial charge in [-0.25, -0.2) is 4.98 Å². The standard InChI is InChI=1S/C47H54ClN11O6/c1-46(2)44(47(3,4)45(46)65-33-8-5-29(23-49)35(48)22-33)52-40(61)30-6-11-38(50-24-30)56-19-17-55(18-20-56)25-28-13-15-57(16-14-28)42(63)31-26-58(27-31)32-7-9-36-34(21-32)43(64)59(54-53-36)37-10-12-39(60)51-41(37)62/h5-9,11,21-22,24,28,31,37,44-45H,10,12-20,25-27H2,1-4H3,(H,52,61)(H,51,60,62)/t37?,44-,45-. The first kappa shape index (κ1) is 44.1. The van der Waals surface area contributed by atoms with E-state index in [4.69, 9.17) is 21.3 Å². The average molecular weight is 904 g/mol. The molecule has 0 bridgehead atoms. The summed E-state index contributed by atoms with van der Waals surface area (Å²) in [5.74, 6) is 0.921. The number of nitriles is 1. The van der Waals surface area contributed by atoms with Crippen molar-refractivity contribution in [2.75, 3.05) is 68.7 Å². The number of hydrogen-bond donors (Lipinski definition) is 2. The fraction of sp³-hybridized carbons (Fsp3) is 0.511. The Balaban J connectivity index is 0.702. The highest BCUT2D eigenvalue weighted by atomic mass is 35.5. The number of likely N-dealkylation sites (tertiary alicyclic amines) is 1. The molecular weight excluding hydrogens is 850 g/mol. The molecule has 18 heteroatoms. The third kappa shape index (κ3) is 8.49. The van der Waals surface area contributed by atoms with E-state index in [2.05, 4.69) is 69.4 Å². The van der Waals surface area contributed by atoms with E-state index in [1.807, 2.05) is 23.1 Å². The molecule has 2 aromatic carbocycles. The maximum Gasteiger partial charge on any atom is 0.278 e. The minimum Gasteiger partial charge on any atom is -0.489 e. The molecule has 1 atom stereocenters. The molecule has 1 saturated carbocycles. The van der Waals surface area contributed by atoms with Gasteiger partial charge in [0, 0.05) is 100 Å². The van der Waals surface area contributed by atoms with Crippen LogP contribution in [0.15, 0.2) is 59.5 Å². The van der Waals surface area contributed by atoms with Gasteiger partial charge in [-0.05, 0) is 67.6 Å². The van der Waals surface area contributed by atoms with Crippen molar-refractivity contribution >= 4 is 57.6 Å². The number of imide groups is 1. The second-order valence-electron chi connectivity index (χ2n) is 19.4. The van der Waals surface area contributed by atoms with Gasteiger partial charge in [-0.2, -0.15) is 9.94 Å². The lowest BCUT2D eigenvalue weighted by atomic mass is 9.49. The number of hydrogen-bond acceptors (Lipinski definition) is 13. The van der Waals surface area contributed by atoms with Crippen molar-refractivity contribution in [1.29, 1.82) is 5.26 Å². The Morgan fingerprint density at radius 1 is 0.923 bits per heavy atom. The summed E-state index contributed by atoms with van der Waals surface area (Å²) >= 11 is 6.26. The van der Waals surface area contributed by atoms with E-state index in [1.54, 1.807) is 36.5 Å². The first-order chi connectivity index (χ1) is 31.1. The van der Waals surface area contributed by atoms with Crippen molar-refractivity contribution in [3.8, 4) is 11.8 Å². The summed E-state index contributed by atoms with van der Waals surface area (Å²) in [6, 6.07) is 15.2. The number of fused-ring (bicyclic) bond motifs is 1. The van der Waals surface area contributed by atoms with Crippen molar-refractivity contribution in [3.05, 3.63) is 81.2 Å². The summed E-state index contributed by atoms with van der Waals surface area (Å²) in [6.45, 7) is 15.4. The number of aromatic nitrogens is 4. The zero-order valence-corrected chi connectivity index (χ0v) is 37.9. The fourth-order valence-electron chi connectivity index (χ4n) is 10.8. The number of nitrogens with zero attached hydrogens (tertiary/aromatic N) is 9. The van der Waals surface area contributed by atoms with E-state index in [-0.39, 0.29) is 59.5 Å². The summed E-state index contributed by atoms with van der Waals surface area (Å²) in [5.41, 5.74) is 0.932. The smallest absolute Gasteiger partial charge is 0.278 e. The number of ether oxygens (including phenoxy) is 1.